The quantitative estimate of drug-likeness (QED) is 0.389. The van der Waals surface area contributed by atoms with Crippen LogP contribution in [0.3, 0.4) is 0 Å². The van der Waals surface area contributed by atoms with Gasteiger partial charge in [0.2, 0.25) is 0 Å². The molecule has 1 aliphatic rings. The lowest BCUT2D eigenvalue weighted by molar-refractivity contribution is -0.139. The number of rotatable bonds is 5. The second-order valence-electron chi connectivity index (χ2n) is 7.12. The fourth-order valence-electron chi connectivity index (χ4n) is 3.78. The van der Waals surface area contributed by atoms with Gasteiger partial charge in [-0.2, -0.15) is 0 Å². The third-order valence-electron chi connectivity index (χ3n) is 5.27. The normalized spacial score (nSPS) is 18.0. The van der Waals surface area contributed by atoms with Gasteiger partial charge < -0.3 is 10.0 Å². The van der Waals surface area contributed by atoms with Crippen LogP contribution in [0.5, 0.6) is 0 Å². The Morgan fingerprint density at radius 3 is 2.13 bits per heavy atom. The first-order chi connectivity index (χ1) is 14.6. The zero-order valence-electron chi connectivity index (χ0n) is 16.2. The number of Topliss-reactive ketones (excluding diaryl/α,β-unsaturated/α-hetero) is 1. The molecule has 0 saturated carbocycles. The van der Waals surface area contributed by atoms with Crippen molar-refractivity contribution < 1.29 is 19.1 Å². The van der Waals surface area contributed by atoms with Crippen molar-refractivity contribution in [2.45, 2.75) is 12.5 Å². The first kappa shape index (κ1) is 19.6. The molecule has 3 aromatic rings. The summed E-state index contributed by atoms with van der Waals surface area (Å²) in [7, 11) is 0. The van der Waals surface area contributed by atoms with E-state index in [1.54, 1.807) is 48.5 Å². The molecule has 1 atom stereocenters. The molecule has 1 amide bonds. The zero-order valence-corrected chi connectivity index (χ0v) is 16.2. The fraction of sp³-hybridized carbons (Fsp3) is 0.120. The highest BCUT2D eigenvalue weighted by molar-refractivity contribution is 6.46. The Labute approximate surface area is 173 Å². The van der Waals surface area contributed by atoms with Gasteiger partial charge in [0.25, 0.3) is 11.7 Å². The van der Waals surface area contributed by atoms with E-state index >= 15 is 0 Å². The van der Waals surface area contributed by atoms with E-state index in [1.807, 2.05) is 30.3 Å². The summed E-state index contributed by atoms with van der Waals surface area (Å²) >= 11 is 0. The first-order valence-electron chi connectivity index (χ1n) is 9.70. The molecule has 1 heterocycles. The molecule has 0 bridgehead atoms. The van der Waals surface area contributed by atoms with Crippen LogP contribution >= 0.6 is 0 Å². The van der Waals surface area contributed by atoms with Crippen LogP contribution < -0.4 is 0 Å². The number of hydrogen-bond acceptors (Lipinski definition) is 3. The number of aliphatic hydroxyl groups excluding tert-OH is 1. The molecule has 150 valence electrons. The van der Waals surface area contributed by atoms with Crippen LogP contribution in [0.4, 0.5) is 4.39 Å². The monoisotopic (exact) mass is 401 g/mol. The number of hydrogen-bond donors (Lipinski definition) is 1. The van der Waals surface area contributed by atoms with Crippen LogP contribution in [0.25, 0.3) is 5.76 Å². The maximum absolute atomic E-state index is 14.7. The lowest BCUT2D eigenvalue weighted by Crippen LogP contribution is -2.32. The van der Waals surface area contributed by atoms with Crippen LogP contribution in [0.15, 0.2) is 90.5 Å². The third-order valence-corrected chi connectivity index (χ3v) is 5.27. The van der Waals surface area contributed by atoms with Gasteiger partial charge in [-0.3, -0.25) is 9.59 Å². The minimum atomic E-state index is -0.991. The topological polar surface area (TPSA) is 57.6 Å². The van der Waals surface area contributed by atoms with Gasteiger partial charge in [-0.1, -0.05) is 78.9 Å². The summed E-state index contributed by atoms with van der Waals surface area (Å²) in [5.74, 6) is -2.38. The van der Waals surface area contributed by atoms with E-state index in [0.717, 1.165) is 5.56 Å². The molecule has 4 nitrogen and oxygen atoms in total. The van der Waals surface area contributed by atoms with E-state index in [2.05, 4.69) is 0 Å². The standard InChI is InChI=1S/C25H20FNO3/c26-20-14-8-7-13-19(20)22-21(23(28)18-11-5-2-6-12-18)24(29)25(30)27(22)16-15-17-9-3-1-4-10-17/h1-14,22,28H,15-16H2. The van der Waals surface area contributed by atoms with Gasteiger partial charge >= 0.3 is 0 Å². The number of benzene rings is 3. The molecule has 0 spiro atoms. The van der Waals surface area contributed by atoms with Gasteiger partial charge in [0.15, 0.2) is 0 Å². The largest absolute Gasteiger partial charge is 0.507 e. The summed E-state index contributed by atoms with van der Waals surface area (Å²) in [5.41, 5.74) is 1.49. The van der Waals surface area contributed by atoms with Crippen molar-refractivity contribution in [3.8, 4) is 0 Å². The van der Waals surface area contributed by atoms with E-state index in [4.69, 9.17) is 0 Å². The predicted octanol–water partition coefficient (Wildman–Crippen LogP) is 4.49. The van der Waals surface area contributed by atoms with E-state index in [-0.39, 0.29) is 23.4 Å². The number of carbonyl (C=O) groups is 2. The Balaban J connectivity index is 1.80. The molecule has 4 rings (SSSR count). The Kier molecular flexibility index (Phi) is 5.44. The summed E-state index contributed by atoms with van der Waals surface area (Å²) in [6.45, 7) is 0.221. The summed E-state index contributed by atoms with van der Waals surface area (Å²) in [6.07, 6.45) is 0.504. The van der Waals surface area contributed by atoms with E-state index in [9.17, 15) is 19.1 Å². The molecule has 1 N–H and O–H groups in total. The van der Waals surface area contributed by atoms with Gasteiger partial charge in [-0.05, 0) is 18.1 Å². The van der Waals surface area contributed by atoms with Gasteiger partial charge in [0, 0.05) is 17.7 Å². The highest BCUT2D eigenvalue weighted by atomic mass is 19.1. The zero-order chi connectivity index (χ0) is 21.1. The van der Waals surface area contributed by atoms with Crippen molar-refractivity contribution in [1.82, 2.24) is 4.90 Å². The van der Waals surface area contributed by atoms with Crippen molar-refractivity contribution in [1.29, 1.82) is 0 Å². The molecule has 0 aromatic heterocycles. The smallest absolute Gasteiger partial charge is 0.295 e. The maximum Gasteiger partial charge on any atom is 0.295 e. The van der Waals surface area contributed by atoms with Crippen molar-refractivity contribution >= 4 is 17.4 Å². The molecule has 5 heteroatoms. The second kappa shape index (κ2) is 8.33. The number of ketones is 1. The number of halogens is 1. The van der Waals surface area contributed by atoms with Crippen LogP contribution in [0.2, 0.25) is 0 Å². The summed E-state index contributed by atoms with van der Waals surface area (Å²) in [5, 5.41) is 10.9. The molecule has 30 heavy (non-hydrogen) atoms. The SMILES string of the molecule is O=C1C(=O)N(CCc2ccccc2)C(c2ccccc2F)C1=C(O)c1ccccc1. The lowest BCUT2D eigenvalue weighted by atomic mass is 9.95. The van der Waals surface area contributed by atoms with Gasteiger partial charge in [0.05, 0.1) is 11.6 Å². The second-order valence-corrected chi connectivity index (χ2v) is 7.12. The summed E-state index contributed by atoms with van der Waals surface area (Å²) < 4.78 is 14.7. The van der Waals surface area contributed by atoms with Crippen LogP contribution in [0.1, 0.15) is 22.7 Å². The molecular formula is C25H20FNO3. The molecule has 1 saturated heterocycles. The van der Waals surface area contributed by atoms with Crippen molar-refractivity contribution in [2.24, 2.45) is 0 Å². The van der Waals surface area contributed by atoms with Crippen LogP contribution in [0, 0.1) is 5.82 Å². The fourth-order valence-corrected chi connectivity index (χ4v) is 3.78. The average molecular weight is 401 g/mol. The van der Waals surface area contributed by atoms with Crippen molar-refractivity contribution in [3.63, 3.8) is 0 Å². The minimum Gasteiger partial charge on any atom is -0.507 e. The Morgan fingerprint density at radius 2 is 1.47 bits per heavy atom. The molecule has 0 radical (unpaired) electrons. The highest BCUT2D eigenvalue weighted by Gasteiger charge is 2.46. The molecule has 1 unspecified atom stereocenters. The van der Waals surface area contributed by atoms with Crippen molar-refractivity contribution in [2.75, 3.05) is 6.54 Å². The number of aliphatic hydroxyl groups is 1. The first-order valence-corrected chi connectivity index (χ1v) is 9.70. The van der Waals surface area contributed by atoms with Gasteiger partial charge in [-0.25, -0.2) is 4.39 Å². The summed E-state index contributed by atoms with van der Waals surface area (Å²) in [6, 6.07) is 23.1. The average Bonchev–Trinajstić information content (AvgIpc) is 3.03. The van der Waals surface area contributed by atoms with Crippen LogP contribution in [-0.2, 0) is 16.0 Å². The maximum atomic E-state index is 14.7. The van der Waals surface area contributed by atoms with Crippen LogP contribution in [-0.4, -0.2) is 28.2 Å². The molecule has 1 aliphatic heterocycles. The van der Waals surface area contributed by atoms with E-state index in [1.165, 1.54) is 11.0 Å². The Hall–Kier alpha value is -3.73. The molecule has 0 aliphatic carbocycles. The number of nitrogens with zero attached hydrogens (tertiary/aromatic N) is 1. The van der Waals surface area contributed by atoms with E-state index in [0.29, 0.717) is 12.0 Å². The number of carbonyl (C=O) groups excluding carboxylic acids is 2. The summed E-state index contributed by atoms with van der Waals surface area (Å²) in [4.78, 5) is 27.1. The van der Waals surface area contributed by atoms with E-state index < -0.39 is 23.5 Å². The Morgan fingerprint density at radius 1 is 0.867 bits per heavy atom. The predicted molar refractivity (Wildman–Crippen MR) is 112 cm³/mol. The third kappa shape index (κ3) is 3.62. The molecule has 1 fully saturated rings. The minimum absolute atomic E-state index is 0.0932. The molecule has 3 aromatic carbocycles. The Bertz CT molecular complexity index is 1110. The molecular weight excluding hydrogens is 381 g/mol. The number of likely N-dealkylation sites (tertiary alicyclic amines) is 1. The highest BCUT2D eigenvalue weighted by Crippen LogP contribution is 2.40. The van der Waals surface area contributed by atoms with Crippen molar-refractivity contribution in [3.05, 3.63) is 113 Å². The number of amides is 1. The lowest BCUT2D eigenvalue weighted by Gasteiger charge is -2.25. The van der Waals surface area contributed by atoms with Gasteiger partial charge in [-0.15, -0.1) is 0 Å². The van der Waals surface area contributed by atoms with Gasteiger partial charge in [0.1, 0.15) is 11.6 Å².